The molecule has 1 aromatic rings. The molecule has 0 aromatic heterocycles. The maximum atomic E-state index is 3.79. The highest BCUT2D eigenvalue weighted by Crippen LogP contribution is 2.39. The van der Waals surface area contributed by atoms with Crippen molar-refractivity contribution < 1.29 is 0 Å². The monoisotopic (exact) mass is 348 g/mol. The number of anilines is 1. The van der Waals surface area contributed by atoms with Crippen LogP contribution in [0.25, 0.3) is 0 Å². The molecule has 0 amide bonds. The Labute approximate surface area is 136 Å². The standard InChI is InChI=1S/C18H25BrN2/c19-17-11-16(9-6-14(17)12-20-15-7-8-15)21-10-2-4-13-3-1-5-18(13)21/h6,9,11,13,15,18,20H,1-5,7-8,10,12H2. The van der Waals surface area contributed by atoms with Gasteiger partial charge in [0.2, 0.25) is 0 Å². The summed E-state index contributed by atoms with van der Waals surface area (Å²) in [6.07, 6.45) is 9.80. The predicted octanol–water partition coefficient (Wildman–Crippen LogP) is 4.47. The lowest BCUT2D eigenvalue weighted by Crippen LogP contribution is -2.42. The molecule has 1 N–H and O–H groups in total. The molecule has 114 valence electrons. The van der Waals surface area contributed by atoms with Crippen molar-refractivity contribution in [2.24, 2.45) is 5.92 Å². The van der Waals surface area contributed by atoms with Crippen molar-refractivity contribution in [2.45, 2.75) is 63.6 Å². The van der Waals surface area contributed by atoms with Crippen LogP contribution in [-0.2, 0) is 6.54 Å². The first-order chi connectivity index (χ1) is 10.3. The third kappa shape index (κ3) is 3.00. The van der Waals surface area contributed by atoms with Gasteiger partial charge in [0.25, 0.3) is 0 Å². The van der Waals surface area contributed by atoms with Crippen LogP contribution in [0.2, 0.25) is 0 Å². The summed E-state index contributed by atoms with van der Waals surface area (Å²) in [5.74, 6) is 0.953. The highest BCUT2D eigenvalue weighted by Gasteiger charge is 2.35. The summed E-state index contributed by atoms with van der Waals surface area (Å²) in [7, 11) is 0. The van der Waals surface area contributed by atoms with Crippen molar-refractivity contribution in [3.8, 4) is 0 Å². The third-order valence-corrected chi connectivity index (χ3v) is 6.26. The second kappa shape index (κ2) is 5.92. The molecular formula is C18H25BrN2. The molecule has 1 aromatic carbocycles. The molecule has 3 aliphatic rings. The minimum Gasteiger partial charge on any atom is -0.368 e. The minimum absolute atomic E-state index is 0.776. The summed E-state index contributed by atoms with van der Waals surface area (Å²) in [6.45, 7) is 2.24. The van der Waals surface area contributed by atoms with Crippen LogP contribution in [0, 0.1) is 5.92 Å². The van der Waals surface area contributed by atoms with E-state index in [9.17, 15) is 0 Å². The fourth-order valence-corrected chi connectivity index (χ4v) is 4.68. The average Bonchev–Trinajstić information content (AvgIpc) is 3.20. The zero-order valence-corrected chi connectivity index (χ0v) is 14.2. The Hall–Kier alpha value is -0.540. The van der Waals surface area contributed by atoms with E-state index in [0.717, 1.165) is 24.5 Å². The van der Waals surface area contributed by atoms with E-state index in [0.29, 0.717) is 0 Å². The zero-order chi connectivity index (χ0) is 14.2. The number of piperidine rings is 1. The number of hydrogen-bond acceptors (Lipinski definition) is 2. The van der Waals surface area contributed by atoms with Gasteiger partial charge in [0.1, 0.15) is 0 Å². The lowest BCUT2D eigenvalue weighted by molar-refractivity contribution is 0.362. The Balaban J connectivity index is 1.50. The van der Waals surface area contributed by atoms with Gasteiger partial charge in [0, 0.05) is 35.3 Å². The maximum absolute atomic E-state index is 3.79. The Morgan fingerprint density at radius 3 is 2.76 bits per heavy atom. The van der Waals surface area contributed by atoms with Gasteiger partial charge in [0.05, 0.1) is 0 Å². The van der Waals surface area contributed by atoms with E-state index >= 15 is 0 Å². The van der Waals surface area contributed by atoms with Crippen molar-refractivity contribution in [1.29, 1.82) is 0 Å². The molecule has 1 heterocycles. The third-order valence-electron chi connectivity index (χ3n) is 5.52. The van der Waals surface area contributed by atoms with E-state index in [1.807, 2.05) is 0 Å². The molecule has 2 nitrogen and oxygen atoms in total. The number of nitrogens with zero attached hydrogens (tertiary/aromatic N) is 1. The largest absolute Gasteiger partial charge is 0.368 e. The number of hydrogen-bond donors (Lipinski definition) is 1. The molecule has 3 fully saturated rings. The second-order valence-corrected chi connectivity index (χ2v) is 7.88. The van der Waals surface area contributed by atoms with Crippen LogP contribution < -0.4 is 10.2 Å². The predicted molar refractivity (Wildman–Crippen MR) is 91.7 cm³/mol. The molecular weight excluding hydrogens is 324 g/mol. The van der Waals surface area contributed by atoms with Gasteiger partial charge in [-0.1, -0.05) is 28.4 Å². The van der Waals surface area contributed by atoms with Crippen LogP contribution in [0.1, 0.15) is 50.5 Å². The van der Waals surface area contributed by atoms with E-state index in [2.05, 4.69) is 44.3 Å². The summed E-state index contributed by atoms with van der Waals surface area (Å²) in [4.78, 5) is 2.68. The van der Waals surface area contributed by atoms with E-state index in [-0.39, 0.29) is 0 Å². The molecule has 4 rings (SSSR count). The fourth-order valence-electron chi connectivity index (χ4n) is 4.17. The molecule has 0 spiro atoms. The molecule has 2 aliphatic carbocycles. The second-order valence-electron chi connectivity index (χ2n) is 7.02. The van der Waals surface area contributed by atoms with Gasteiger partial charge in [-0.05, 0) is 62.1 Å². The van der Waals surface area contributed by atoms with E-state index in [1.165, 1.54) is 67.2 Å². The quantitative estimate of drug-likeness (QED) is 0.863. The first-order valence-corrected chi connectivity index (χ1v) is 9.39. The van der Waals surface area contributed by atoms with Crippen molar-refractivity contribution >= 4 is 21.6 Å². The van der Waals surface area contributed by atoms with Gasteiger partial charge in [-0.2, -0.15) is 0 Å². The van der Waals surface area contributed by atoms with Crippen LogP contribution in [0.5, 0.6) is 0 Å². The van der Waals surface area contributed by atoms with Crippen LogP contribution in [-0.4, -0.2) is 18.6 Å². The number of benzene rings is 1. The van der Waals surface area contributed by atoms with Gasteiger partial charge in [-0.15, -0.1) is 0 Å². The Bertz CT molecular complexity index is 512. The van der Waals surface area contributed by atoms with Gasteiger partial charge in [0.15, 0.2) is 0 Å². The average molecular weight is 349 g/mol. The highest BCUT2D eigenvalue weighted by molar-refractivity contribution is 9.10. The highest BCUT2D eigenvalue weighted by atomic mass is 79.9. The lowest BCUT2D eigenvalue weighted by Gasteiger charge is -2.39. The molecule has 2 unspecified atom stereocenters. The van der Waals surface area contributed by atoms with E-state index in [1.54, 1.807) is 0 Å². The number of fused-ring (bicyclic) bond motifs is 1. The first kappa shape index (κ1) is 14.1. The van der Waals surface area contributed by atoms with Gasteiger partial charge in [-0.25, -0.2) is 0 Å². The van der Waals surface area contributed by atoms with Crippen molar-refractivity contribution in [3.05, 3.63) is 28.2 Å². The van der Waals surface area contributed by atoms with Crippen molar-refractivity contribution in [3.63, 3.8) is 0 Å². The molecule has 2 atom stereocenters. The molecule has 2 saturated carbocycles. The molecule has 1 saturated heterocycles. The minimum atomic E-state index is 0.776. The number of halogens is 1. The van der Waals surface area contributed by atoms with E-state index < -0.39 is 0 Å². The van der Waals surface area contributed by atoms with Crippen LogP contribution in [0.15, 0.2) is 22.7 Å². The Morgan fingerprint density at radius 2 is 1.95 bits per heavy atom. The summed E-state index contributed by atoms with van der Waals surface area (Å²) < 4.78 is 1.27. The van der Waals surface area contributed by atoms with Crippen LogP contribution in [0.4, 0.5) is 5.69 Å². The smallest absolute Gasteiger partial charge is 0.0380 e. The first-order valence-electron chi connectivity index (χ1n) is 8.60. The SMILES string of the molecule is Brc1cc(N2CCCC3CCCC32)ccc1CNC1CC1. The summed E-state index contributed by atoms with van der Waals surface area (Å²) >= 11 is 3.79. The topological polar surface area (TPSA) is 15.3 Å². The van der Waals surface area contributed by atoms with Gasteiger partial charge in [-0.3, -0.25) is 0 Å². The van der Waals surface area contributed by atoms with Crippen molar-refractivity contribution in [1.82, 2.24) is 5.32 Å². The van der Waals surface area contributed by atoms with Crippen LogP contribution >= 0.6 is 15.9 Å². The molecule has 3 heteroatoms. The molecule has 21 heavy (non-hydrogen) atoms. The normalized spacial score (nSPS) is 28.7. The summed E-state index contributed by atoms with van der Waals surface area (Å²) in [6, 6.07) is 8.59. The molecule has 0 radical (unpaired) electrons. The number of nitrogens with one attached hydrogen (secondary N) is 1. The Morgan fingerprint density at radius 1 is 1.10 bits per heavy atom. The fraction of sp³-hybridized carbons (Fsp3) is 0.667. The van der Waals surface area contributed by atoms with Crippen molar-refractivity contribution in [2.75, 3.05) is 11.4 Å². The lowest BCUT2D eigenvalue weighted by atomic mass is 9.91. The van der Waals surface area contributed by atoms with Gasteiger partial charge < -0.3 is 10.2 Å². The Kier molecular flexibility index (Phi) is 3.97. The van der Waals surface area contributed by atoms with Gasteiger partial charge >= 0.3 is 0 Å². The maximum Gasteiger partial charge on any atom is 0.0380 e. The zero-order valence-electron chi connectivity index (χ0n) is 12.7. The molecule has 1 aliphatic heterocycles. The summed E-state index contributed by atoms with van der Waals surface area (Å²) in [5, 5.41) is 3.61. The summed E-state index contributed by atoms with van der Waals surface area (Å²) in [5.41, 5.74) is 2.82. The number of rotatable bonds is 4. The van der Waals surface area contributed by atoms with E-state index in [4.69, 9.17) is 0 Å². The van der Waals surface area contributed by atoms with Crippen LogP contribution in [0.3, 0.4) is 0 Å². The molecule has 0 bridgehead atoms.